The number of pyridine rings is 2. The van der Waals surface area contributed by atoms with Gasteiger partial charge in [-0.1, -0.05) is 12.1 Å². The molecule has 2 atom stereocenters. The Morgan fingerprint density at radius 2 is 1.35 bits per heavy atom. The van der Waals surface area contributed by atoms with Crippen LogP contribution in [0.25, 0.3) is 11.4 Å². The van der Waals surface area contributed by atoms with Crippen LogP contribution in [0.15, 0.2) is 58.8 Å². The van der Waals surface area contributed by atoms with E-state index >= 15 is 0 Å². The molecule has 0 N–H and O–H groups in total. The number of rotatable bonds is 3. The van der Waals surface area contributed by atoms with Crippen LogP contribution in [-0.2, 0) is 0 Å². The smallest absolute Gasteiger partial charge is 0.115 e. The van der Waals surface area contributed by atoms with Crippen LogP contribution >= 0.6 is 0 Å². The van der Waals surface area contributed by atoms with Gasteiger partial charge in [-0.15, -0.1) is 5.10 Å². The summed E-state index contributed by atoms with van der Waals surface area (Å²) in [5.74, 6) is 0. The maximum absolute atomic E-state index is 4.56. The van der Waals surface area contributed by atoms with Crippen molar-refractivity contribution >= 4 is 0 Å². The molecule has 0 saturated heterocycles. The van der Waals surface area contributed by atoms with Gasteiger partial charge in [-0.3, -0.25) is 9.97 Å². The van der Waals surface area contributed by atoms with E-state index in [1.165, 1.54) is 0 Å². The first-order valence-electron chi connectivity index (χ1n) is 8.80. The van der Waals surface area contributed by atoms with Crippen molar-refractivity contribution in [1.82, 2.24) is 20.2 Å². The van der Waals surface area contributed by atoms with Crippen LogP contribution in [0.2, 0.25) is 0 Å². The molecule has 3 aromatic heterocycles. The van der Waals surface area contributed by atoms with Crippen molar-refractivity contribution in [1.29, 1.82) is 0 Å². The fraction of sp³-hybridized carbons (Fsp3) is 0.300. The van der Waals surface area contributed by atoms with Gasteiger partial charge in [0.05, 0.1) is 17.1 Å². The van der Waals surface area contributed by atoms with Crippen LogP contribution in [0, 0.1) is 13.8 Å². The number of nitrogens with zero attached hydrogens (tertiary/aromatic N) is 6. The first-order chi connectivity index (χ1) is 12.7. The highest BCUT2D eigenvalue weighted by molar-refractivity contribution is 5.53. The van der Waals surface area contributed by atoms with E-state index in [1.54, 1.807) is 0 Å². The Morgan fingerprint density at radius 1 is 0.654 bits per heavy atom. The molecule has 4 rings (SSSR count). The minimum absolute atomic E-state index is 0.0369. The summed E-state index contributed by atoms with van der Waals surface area (Å²) in [4.78, 5) is 9.04. The highest BCUT2D eigenvalue weighted by Gasteiger charge is 2.23. The van der Waals surface area contributed by atoms with Crippen molar-refractivity contribution in [3.63, 3.8) is 0 Å². The Labute approximate surface area is 152 Å². The molecule has 1 aliphatic heterocycles. The van der Waals surface area contributed by atoms with E-state index in [1.807, 2.05) is 62.4 Å². The lowest BCUT2D eigenvalue weighted by molar-refractivity contribution is 0.438. The molecule has 26 heavy (non-hydrogen) atoms. The summed E-state index contributed by atoms with van der Waals surface area (Å²) in [5, 5.41) is 17.6. The van der Waals surface area contributed by atoms with Crippen molar-refractivity contribution < 1.29 is 0 Å². The standard InChI is InChI=1S/C20H20N6/c1-13-5-3-7-15(21-13)17-9-11-19(25-23-17)20-12-10-18(24-26-20)16-8-4-6-14(2)22-16/h3-9,11,18,20H,10,12H2,1-2H3. The van der Waals surface area contributed by atoms with Crippen molar-refractivity contribution in [3.05, 3.63) is 71.3 Å². The Morgan fingerprint density at radius 3 is 1.96 bits per heavy atom. The minimum Gasteiger partial charge on any atom is -0.256 e. The van der Waals surface area contributed by atoms with Gasteiger partial charge in [0.25, 0.3) is 0 Å². The van der Waals surface area contributed by atoms with Crippen molar-refractivity contribution in [2.45, 2.75) is 38.8 Å². The number of hydrogen-bond donors (Lipinski definition) is 0. The third-order valence-corrected chi connectivity index (χ3v) is 4.49. The van der Waals surface area contributed by atoms with Crippen LogP contribution < -0.4 is 0 Å². The summed E-state index contributed by atoms with van der Waals surface area (Å²) >= 11 is 0. The van der Waals surface area contributed by atoms with Gasteiger partial charge in [0, 0.05) is 11.4 Å². The van der Waals surface area contributed by atoms with Gasteiger partial charge < -0.3 is 0 Å². The van der Waals surface area contributed by atoms with E-state index in [4.69, 9.17) is 0 Å². The van der Waals surface area contributed by atoms with E-state index in [2.05, 4.69) is 30.4 Å². The molecule has 130 valence electrons. The van der Waals surface area contributed by atoms with Gasteiger partial charge in [-0.2, -0.15) is 15.3 Å². The number of azo groups is 1. The SMILES string of the molecule is Cc1cccc(-c2ccc(C3CCC(c4cccc(C)n4)N=N3)nn2)n1. The average Bonchev–Trinajstić information content (AvgIpc) is 2.68. The number of aromatic nitrogens is 4. The van der Waals surface area contributed by atoms with Crippen LogP contribution in [0.3, 0.4) is 0 Å². The molecule has 0 aromatic carbocycles. The van der Waals surface area contributed by atoms with Crippen LogP contribution in [0.1, 0.15) is 47.7 Å². The van der Waals surface area contributed by atoms with Crippen LogP contribution in [-0.4, -0.2) is 20.2 Å². The molecular formula is C20H20N6. The molecule has 4 heterocycles. The molecular weight excluding hydrogens is 324 g/mol. The summed E-state index contributed by atoms with van der Waals surface area (Å²) in [5.41, 5.74) is 5.41. The van der Waals surface area contributed by atoms with Crippen molar-refractivity contribution in [3.8, 4) is 11.4 Å². The topological polar surface area (TPSA) is 76.3 Å². The highest BCUT2D eigenvalue weighted by Crippen LogP contribution is 2.34. The Bertz CT molecular complexity index is 935. The summed E-state index contributed by atoms with van der Waals surface area (Å²) < 4.78 is 0. The first-order valence-corrected chi connectivity index (χ1v) is 8.80. The van der Waals surface area contributed by atoms with Crippen LogP contribution in [0.4, 0.5) is 0 Å². The lowest BCUT2D eigenvalue weighted by Crippen LogP contribution is -2.09. The van der Waals surface area contributed by atoms with Gasteiger partial charge in [0.1, 0.15) is 17.8 Å². The molecule has 0 spiro atoms. The first kappa shape index (κ1) is 16.4. The van der Waals surface area contributed by atoms with Gasteiger partial charge in [-0.25, -0.2) is 0 Å². The Hall–Kier alpha value is -3.02. The Kier molecular flexibility index (Phi) is 4.48. The molecule has 6 nitrogen and oxygen atoms in total. The average molecular weight is 344 g/mol. The van der Waals surface area contributed by atoms with E-state index in [9.17, 15) is 0 Å². The van der Waals surface area contributed by atoms with E-state index in [-0.39, 0.29) is 12.1 Å². The lowest BCUT2D eigenvalue weighted by Gasteiger charge is -2.20. The monoisotopic (exact) mass is 344 g/mol. The van der Waals surface area contributed by atoms with Crippen LogP contribution in [0.5, 0.6) is 0 Å². The maximum atomic E-state index is 4.56. The zero-order valence-corrected chi connectivity index (χ0v) is 14.9. The zero-order chi connectivity index (χ0) is 17.9. The Balaban J connectivity index is 1.50. The molecule has 0 amide bonds. The quantitative estimate of drug-likeness (QED) is 0.697. The largest absolute Gasteiger partial charge is 0.256 e. The minimum atomic E-state index is -0.0388. The molecule has 0 radical (unpaired) electrons. The fourth-order valence-electron chi connectivity index (χ4n) is 3.10. The zero-order valence-electron chi connectivity index (χ0n) is 14.9. The fourth-order valence-corrected chi connectivity index (χ4v) is 3.10. The normalized spacial score (nSPS) is 19.5. The van der Waals surface area contributed by atoms with Gasteiger partial charge in [-0.05, 0) is 63.1 Å². The predicted octanol–water partition coefficient (Wildman–Crippen LogP) is 4.58. The summed E-state index contributed by atoms with van der Waals surface area (Å²) in [6, 6.07) is 15.8. The number of hydrogen-bond acceptors (Lipinski definition) is 6. The molecule has 1 aliphatic rings. The third-order valence-electron chi connectivity index (χ3n) is 4.49. The second kappa shape index (κ2) is 7.07. The van der Waals surface area contributed by atoms with E-state index in [0.29, 0.717) is 0 Å². The van der Waals surface area contributed by atoms with Gasteiger partial charge in [0.15, 0.2) is 0 Å². The van der Waals surface area contributed by atoms with Crippen molar-refractivity contribution in [2.24, 2.45) is 10.2 Å². The third kappa shape index (κ3) is 3.49. The van der Waals surface area contributed by atoms with E-state index < -0.39 is 0 Å². The molecule has 6 heteroatoms. The molecule has 0 aliphatic carbocycles. The molecule has 3 aromatic rings. The molecule has 2 unspecified atom stereocenters. The molecule has 0 bridgehead atoms. The van der Waals surface area contributed by atoms with Crippen molar-refractivity contribution in [2.75, 3.05) is 0 Å². The highest BCUT2D eigenvalue weighted by atomic mass is 15.2. The predicted molar refractivity (Wildman–Crippen MR) is 98.5 cm³/mol. The van der Waals surface area contributed by atoms with Gasteiger partial charge >= 0.3 is 0 Å². The van der Waals surface area contributed by atoms with E-state index in [0.717, 1.165) is 47.0 Å². The van der Waals surface area contributed by atoms with Gasteiger partial charge in [0.2, 0.25) is 0 Å². The maximum Gasteiger partial charge on any atom is 0.115 e. The molecule has 0 fully saturated rings. The second-order valence-corrected chi connectivity index (χ2v) is 6.55. The summed E-state index contributed by atoms with van der Waals surface area (Å²) in [6.45, 7) is 3.96. The summed E-state index contributed by atoms with van der Waals surface area (Å²) in [7, 11) is 0. The lowest BCUT2D eigenvalue weighted by atomic mass is 10.00. The second-order valence-electron chi connectivity index (χ2n) is 6.55. The summed E-state index contributed by atoms with van der Waals surface area (Å²) in [6.07, 6.45) is 1.80. The molecule has 0 saturated carbocycles. The number of aryl methyl sites for hydroxylation is 2.